The van der Waals surface area contributed by atoms with E-state index >= 15 is 0 Å². The zero-order valence-corrected chi connectivity index (χ0v) is 8.29. The lowest BCUT2D eigenvalue weighted by atomic mass is 10.2. The van der Waals surface area contributed by atoms with E-state index in [1.165, 1.54) is 12.8 Å². The average molecular weight is 183 g/mol. The highest BCUT2D eigenvalue weighted by Gasteiger charge is 2.08. The summed E-state index contributed by atoms with van der Waals surface area (Å²) in [6.07, 6.45) is 4.38. The normalized spacial score (nSPS) is 13.2. The predicted octanol–water partition coefficient (Wildman–Crippen LogP) is 1.82. The van der Waals surface area contributed by atoms with E-state index in [1.807, 2.05) is 6.92 Å². The molecule has 0 bridgehead atoms. The number of aryl methyl sites for hydroxylation is 1. The van der Waals surface area contributed by atoms with Gasteiger partial charge in [0.1, 0.15) is 0 Å². The van der Waals surface area contributed by atoms with Crippen LogP contribution in [-0.2, 0) is 6.42 Å². The van der Waals surface area contributed by atoms with Crippen molar-refractivity contribution in [2.75, 3.05) is 0 Å². The summed E-state index contributed by atoms with van der Waals surface area (Å²) < 4.78 is 5.03. The smallest absolute Gasteiger partial charge is 0.226 e. The second kappa shape index (κ2) is 4.97. The molecule has 1 aromatic heterocycles. The van der Waals surface area contributed by atoms with Gasteiger partial charge in [-0.05, 0) is 13.3 Å². The van der Waals surface area contributed by atoms with E-state index in [0.29, 0.717) is 11.7 Å². The van der Waals surface area contributed by atoms with Gasteiger partial charge in [-0.25, -0.2) is 0 Å². The van der Waals surface area contributed by atoms with Crippen molar-refractivity contribution >= 4 is 0 Å². The topological polar surface area (TPSA) is 64.9 Å². The minimum Gasteiger partial charge on any atom is -0.339 e. The standard InChI is InChI=1S/C9H17N3O/c1-3-4-5-6-8-11-9(7(2)10)12-13-8/h7H,3-6,10H2,1-2H3. The van der Waals surface area contributed by atoms with Gasteiger partial charge >= 0.3 is 0 Å². The number of unbranched alkanes of at least 4 members (excludes halogenated alkanes) is 2. The van der Waals surface area contributed by atoms with Gasteiger partial charge < -0.3 is 10.3 Å². The zero-order chi connectivity index (χ0) is 9.68. The molecule has 1 heterocycles. The first kappa shape index (κ1) is 10.2. The van der Waals surface area contributed by atoms with Crippen molar-refractivity contribution in [3.05, 3.63) is 11.7 Å². The Balaban J connectivity index is 2.40. The second-order valence-corrected chi connectivity index (χ2v) is 3.29. The van der Waals surface area contributed by atoms with Crippen LogP contribution in [0.25, 0.3) is 0 Å². The zero-order valence-electron chi connectivity index (χ0n) is 8.29. The number of hydrogen-bond acceptors (Lipinski definition) is 4. The summed E-state index contributed by atoms with van der Waals surface area (Å²) in [5.41, 5.74) is 5.60. The van der Waals surface area contributed by atoms with Crippen LogP contribution in [0.3, 0.4) is 0 Å². The number of hydrogen-bond donors (Lipinski definition) is 1. The maximum atomic E-state index is 5.60. The molecule has 0 aromatic carbocycles. The number of rotatable bonds is 5. The largest absolute Gasteiger partial charge is 0.339 e. The van der Waals surface area contributed by atoms with E-state index in [4.69, 9.17) is 10.3 Å². The molecule has 74 valence electrons. The van der Waals surface area contributed by atoms with Gasteiger partial charge in [-0.1, -0.05) is 24.9 Å². The van der Waals surface area contributed by atoms with Crippen LogP contribution >= 0.6 is 0 Å². The molecule has 1 atom stereocenters. The molecular formula is C9H17N3O. The summed E-state index contributed by atoms with van der Waals surface area (Å²) in [6.45, 7) is 4.02. The molecule has 0 fully saturated rings. The third-order valence-electron chi connectivity index (χ3n) is 1.89. The quantitative estimate of drug-likeness (QED) is 0.707. The van der Waals surface area contributed by atoms with Crippen LogP contribution in [0.5, 0.6) is 0 Å². The second-order valence-electron chi connectivity index (χ2n) is 3.29. The minimum absolute atomic E-state index is 0.135. The average Bonchev–Trinajstić information content (AvgIpc) is 2.53. The van der Waals surface area contributed by atoms with Crippen LogP contribution in [0.15, 0.2) is 4.52 Å². The molecule has 1 rings (SSSR count). The van der Waals surface area contributed by atoms with Gasteiger partial charge in [0, 0.05) is 6.42 Å². The molecule has 0 saturated carbocycles. The van der Waals surface area contributed by atoms with Gasteiger partial charge in [0.05, 0.1) is 6.04 Å². The lowest BCUT2D eigenvalue weighted by Crippen LogP contribution is -2.06. The molecule has 0 spiro atoms. The fourth-order valence-electron chi connectivity index (χ4n) is 1.08. The highest BCUT2D eigenvalue weighted by atomic mass is 16.5. The first-order chi connectivity index (χ1) is 6.24. The van der Waals surface area contributed by atoms with Crippen molar-refractivity contribution in [3.8, 4) is 0 Å². The summed E-state index contributed by atoms with van der Waals surface area (Å²) in [5.74, 6) is 1.31. The van der Waals surface area contributed by atoms with Crippen LogP contribution < -0.4 is 5.73 Å². The van der Waals surface area contributed by atoms with Crippen LogP contribution in [0.2, 0.25) is 0 Å². The van der Waals surface area contributed by atoms with Crippen molar-refractivity contribution in [1.82, 2.24) is 10.1 Å². The fraction of sp³-hybridized carbons (Fsp3) is 0.778. The SMILES string of the molecule is CCCCCc1nc(C(C)N)no1. The van der Waals surface area contributed by atoms with Crippen molar-refractivity contribution in [2.24, 2.45) is 5.73 Å². The van der Waals surface area contributed by atoms with E-state index in [9.17, 15) is 0 Å². The molecule has 4 heteroatoms. The van der Waals surface area contributed by atoms with E-state index in [0.717, 1.165) is 12.8 Å². The van der Waals surface area contributed by atoms with Gasteiger partial charge in [0.25, 0.3) is 0 Å². The Kier molecular flexibility index (Phi) is 3.89. The van der Waals surface area contributed by atoms with Crippen molar-refractivity contribution in [1.29, 1.82) is 0 Å². The summed E-state index contributed by atoms with van der Waals surface area (Å²) in [6, 6.07) is -0.135. The lowest BCUT2D eigenvalue weighted by Gasteiger charge is -1.93. The van der Waals surface area contributed by atoms with Crippen LogP contribution in [0, 0.1) is 0 Å². The van der Waals surface area contributed by atoms with Crippen LogP contribution in [0.4, 0.5) is 0 Å². The maximum absolute atomic E-state index is 5.60. The Hall–Kier alpha value is -0.900. The predicted molar refractivity (Wildman–Crippen MR) is 50.1 cm³/mol. The first-order valence-corrected chi connectivity index (χ1v) is 4.82. The molecule has 0 aliphatic heterocycles. The Morgan fingerprint density at radius 2 is 2.23 bits per heavy atom. The van der Waals surface area contributed by atoms with Crippen molar-refractivity contribution < 1.29 is 4.52 Å². The van der Waals surface area contributed by atoms with Crippen molar-refractivity contribution in [2.45, 2.75) is 45.6 Å². The van der Waals surface area contributed by atoms with Crippen LogP contribution in [0.1, 0.15) is 50.9 Å². The highest BCUT2D eigenvalue weighted by molar-refractivity contribution is 4.90. The van der Waals surface area contributed by atoms with E-state index in [1.54, 1.807) is 0 Å². The van der Waals surface area contributed by atoms with Crippen molar-refractivity contribution in [3.63, 3.8) is 0 Å². The fourth-order valence-corrected chi connectivity index (χ4v) is 1.08. The molecule has 2 N–H and O–H groups in total. The van der Waals surface area contributed by atoms with Gasteiger partial charge in [0.15, 0.2) is 5.82 Å². The Morgan fingerprint density at radius 1 is 1.46 bits per heavy atom. The summed E-state index contributed by atoms with van der Waals surface area (Å²) in [5, 5.41) is 3.78. The molecule has 1 unspecified atom stereocenters. The highest BCUT2D eigenvalue weighted by Crippen LogP contribution is 2.08. The molecule has 0 radical (unpaired) electrons. The first-order valence-electron chi connectivity index (χ1n) is 4.82. The summed E-state index contributed by atoms with van der Waals surface area (Å²) in [7, 11) is 0. The van der Waals surface area contributed by atoms with Gasteiger partial charge in [-0.3, -0.25) is 0 Å². The number of nitrogens with zero attached hydrogens (tertiary/aromatic N) is 2. The molecule has 0 amide bonds. The third kappa shape index (κ3) is 3.14. The Morgan fingerprint density at radius 3 is 2.77 bits per heavy atom. The number of aromatic nitrogens is 2. The maximum Gasteiger partial charge on any atom is 0.226 e. The van der Waals surface area contributed by atoms with E-state index < -0.39 is 0 Å². The van der Waals surface area contributed by atoms with Gasteiger partial charge in [0.2, 0.25) is 5.89 Å². The summed E-state index contributed by atoms with van der Waals surface area (Å²) >= 11 is 0. The molecular weight excluding hydrogens is 166 g/mol. The molecule has 0 aliphatic carbocycles. The van der Waals surface area contributed by atoms with E-state index in [2.05, 4.69) is 17.1 Å². The number of nitrogens with two attached hydrogens (primary N) is 1. The summed E-state index contributed by atoms with van der Waals surface area (Å²) in [4.78, 5) is 4.18. The lowest BCUT2D eigenvalue weighted by molar-refractivity contribution is 0.367. The van der Waals surface area contributed by atoms with E-state index in [-0.39, 0.29) is 6.04 Å². The molecule has 1 aromatic rings. The molecule has 13 heavy (non-hydrogen) atoms. The Bertz CT molecular complexity index is 245. The monoisotopic (exact) mass is 183 g/mol. The minimum atomic E-state index is -0.135. The molecule has 4 nitrogen and oxygen atoms in total. The van der Waals surface area contributed by atoms with Gasteiger partial charge in [-0.2, -0.15) is 4.98 Å². The van der Waals surface area contributed by atoms with Gasteiger partial charge in [-0.15, -0.1) is 0 Å². The molecule has 0 saturated heterocycles. The van der Waals surface area contributed by atoms with Crippen LogP contribution in [-0.4, -0.2) is 10.1 Å². The Labute approximate surface area is 78.5 Å². The third-order valence-corrected chi connectivity index (χ3v) is 1.89. The molecule has 0 aliphatic rings.